The number of halogens is 1. The van der Waals surface area contributed by atoms with Gasteiger partial charge in [0.2, 0.25) is 0 Å². The summed E-state index contributed by atoms with van der Waals surface area (Å²) < 4.78 is 0. The van der Waals surface area contributed by atoms with Gasteiger partial charge in [-0.05, 0) is 36.2 Å². The number of fused-ring (bicyclic) bond motifs is 1. The number of carbonyl (C=O) groups is 1. The maximum Gasteiger partial charge on any atom is 0.272 e. The standard InChI is InChI=1S/C18H17N3O.ClH/c19-15-10-14(15)11-5-7-13(8-6-11)20-18(22)17-9-12-3-1-2-4-16(12)21-17;/h1-9,14-15,21H,10,19H2,(H,20,22);1H/t14-,15+;/m0./s1. The predicted octanol–water partition coefficient (Wildman–Crippen LogP) is 3.66. The lowest BCUT2D eigenvalue weighted by atomic mass is 10.1. The smallest absolute Gasteiger partial charge is 0.272 e. The van der Waals surface area contributed by atoms with Crippen LogP contribution >= 0.6 is 12.4 Å². The van der Waals surface area contributed by atoms with Crippen LogP contribution in [0.25, 0.3) is 10.9 Å². The Morgan fingerprint density at radius 1 is 1.13 bits per heavy atom. The number of anilines is 1. The molecule has 0 unspecified atom stereocenters. The van der Waals surface area contributed by atoms with Crippen molar-refractivity contribution in [1.29, 1.82) is 0 Å². The van der Waals surface area contributed by atoms with Crippen LogP contribution in [0.3, 0.4) is 0 Å². The molecule has 3 aromatic rings. The lowest BCUT2D eigenvalue weighted by Gasteiger charge is -2.05. The molecule has 2 aromatic carbocycles. The minimum Gasteiger partial charge on any atom is -0.351 e. The molecule has 1 amide bonds. The molecule has 1 heterocycles. The highest BCUT2D eigenvalue weighted by Crippen LogP contribution is 2.39. The maximum absolute atomic E-state index is 12.3. The van der Waals surface area contributed by atoms with Crippen LogP contribution < -0.4 is 11.1 Å². The molecule has 1 saturated carbocycles. The molecule has 5 heteroatoms. The van der Waals surface area contributed by atoms with E-state index in [4.69, 9.17) is 5.73 Å². The van der Waals surface area contributed by atoms with Crippen LogP contribution in [-0.2, 0) is 0 Å². The molecule has 4 N–H and O–H groups in total. The molecule has 1 aliphatic carbocycles. The van der Waals surface area contributed by atoms with E-state index in [1.165, 1.54) is 5.56 Å². The van der Waals surface area contributed by atoms with Crippen LogP contribution in [0.2, 0.25) is 0 Å². The van der Waals surface area contributed by atoms with Crippen molar-refractivity contribution in [1.82, 2.24) is 4.98 Å². The number of benzene rings is 2. The molecule has 0 saturated heterocycles. The molecule has 4 rings (SSSR count). The molecule has 0 aliphatic heterocycles. The summed E-state index contributed by atoms with van der Waals surface area (Å²) in [6, 6.07) is 17.9. The number of nitrogens with one attached hydrogen (secondary N) is 2. The van der Waals surface area contributed by atoms with Gasteiger partial charge in [0.1, 0.15) is 5.69 Å². The first kappa shape index (κ1) is 15.6. The number of rotatable bonds is 3. The highest BCUT2D eigenvalue weighted by molar-refractivity contribution is 6.05. The molecular formula is C18H18ClN3O. The monoisotopic (exact) mass is 327 g/mol. The van der Waals surface area contributed by atoms with Gasteiger partial charge < -0.3 is 16.0 Å². The van der Waals surface area contributed by atoms with Gasteiger partial charge in [0, 0.05) is 28.6 Å². The number of para-hydroxylation sites is 1. The van der Waals surface area contributed by atoms with Gasteiger partial charge in [0.15, 0.2) is 0 Å². The first-order chi connectivity index (χ1) is 10.7. The normalized spacial score (nSPS) is 19.2. The lowest BCUT2D eigenvalue weighted by Crippen LogP contribution is -2.12. The van der Waals surface area contributed by atoms with E-state index in [0.29, 0.717) is 17.7 Å². The van der Waals surface area contributed by atoms with Crippen LogP contribution in [0.5, 0.6) is 0 Å². The molecule has 2 atom stereocenters. The third kappa shape index (κ3) is 3.09. The zero-order chi connectivity index (χ0) is 15.1. The van der Waals surface area contributed by atoms with Crippen LogP contribution in [0, 0.1) is 0 Å². The Bertz CT molecular complexity index is 808. The zero-order valence-corrected chi connectivity index (χ0v) is 13.3. The molecular weight excluding hydrogens is 310 g/mol. The molecule has 1 fully saturated rings. The van der Waals surface area contributed by atoms with Gasteiger partial charge in [0.25, 0.3) is 5.91 Å². The summed E-state index contributed by atoms with van der Waals surface area (Å²) in [4.78, 5) is 15.4. The van der Waals surface area contributed by atoms with Crippen molar-refractivity contribution in [3.63, 3.8) is 0 Å². The second-order valence-corrected chi connectivity index (χ2v) is 5.85. The van der Waals surface area contributed by atoms with Crippen molar-refractivity contribution in [3.8, 4) is 0 Å². The van der Waals surface area contributed by atoms with Crippen molar-refractivity contribution in [3.05, 3.63) is 65.9 Å². The van der Waals surface area contributed by atoms with E-state index < -0.39 is 0 Å². The number of hydrogen-bond acceptors (Lipinski definition) is 2. The molecule has 118 valence electrons. The fraction of sp³-hybridized carbons (Fsp3) is 0.167. The molecule has 0 radical (unpaired) electrons. The summed E-state index contributed by atoms with van der Waals surface area (Å²) in [6.07, 6.45) is 1.06. The van der Waals surface area contributed by atoms with E-state index in [9.17, 15) is 4.79 Å². The SMILES string of the molecule is Cl.N[C@@H]1C[C@H]1c1ccc(NC(=O)c2cc3ccccc3[nH]2)cc1. The average molecular weight is 328 g/mol. The van der Waals surface area contributed by atoms with Crippen molar-refractivity contribution in [2.75, 3.05) is 5.32 Å². The van der Waals surface area contributed by atoms with Gasteiger partial charge in [0.05, 0.1) is 0 Å². The van der Waals surface area contributed by atoms with Crippen molar-refractivity contribution < 1.29 is 4.79 Å². The van der Waals surface area contributed by atoms with Gasteiger partial charge in [-0.2, -0.15) is 0 Å². The molecule has 1 aromatic heterocycles. The first-order valence-corrected chi connectivity index (χ1v) is 7.45. The molecule has 23 heavy (non-hydrogen) atoms. The number of H-pyrrole nitrogens is 1. The van der Waals surface area contributed by atoms with E-state index in [-0.39, 0.29) is 18.3 Å². The predicted molar refractivity (Wildman–Crippen MR) is 95.3 cm³/mol. The van der Waals surface area contributed by atoms with Crippen LogP contribution in [0.15, 0.2) is 54.6 Å². The fourth-order valence-electron chi connectivity index (χ4n) is 2.81. The largest absolute Gasteiger partial charge is 0.351 e. The Balaban J connectivity index is 0.00000156. The molecule has 0 bridgehead atoms. The Hall–Kier alpha value is -2.30. The van der Waals surface area contributed by atoms with E-state index >= 15 is 0 Å². The number of carbonyl (C=O) groups excluding carboxylic acids is 1. The third-order valence-electron chi connectivity index (χ3n) is 4.21. The maximum atomic E-state index is 12.3. The van der Waals surface area contributed by atoms with Gasteiger partial charge in [-0.1, -0.05) is 30.3 Å². The summed E-state index contributed by atoms with van der Waals surface area (Å²) in [5.41, 5.74) is 9.42. The van der Waals surface area contributed by atoms with Gasteiger partial charge in [-0.3, -0.25) is 4.79 Å². The number of nitrogens with two attached hydrogens (primary N) is 1. The zero-order valence-electron chi connectivity index (χ0n) is 12.5. The van der Waals surface area contributed by atoms with Gasteiger partial charge >= 0.3 is 0 Å². The van der Waals surface area contributed by atoms with E-state index in [0.717, 1.165) is 23.0 Å². The molecule has 1 aliphatic rings. The topological polar surface area (TPSA) is 70.9 Å². The molecule has 0 spiro atoms. The average Bonchev–Trinajstić information content (AvgIpc) is 3.11. The third-order valence-corrected chi connectivity index (χ3v) is 4.21. The van der Waals surface area contributed by atoms with Crippen LogP contribution in [-0.4, -0.2) is 16.9 Å². The summed E-state index contributed by atoms with van der Waals surface area (Å²) in [7, 11) is 0. The Morgan fingerprint density at radius 3 is 2.48 bits per heavy atom. The van der Waals surface area contributed by atoms with Crippen molar-refractivity contribution >= 4 is 34.9 Å². The Kier molecular flexibility index (Phi) is 4.11. The summed E-state index contributed by atoms with van der Waals surface area (Å²) in [6.45, 7) is 0. The number of amides is 1. The lowest BCUT2D eigenvalue weighted by molar-refractivity contribution is 0.102. The minimum atomic E-state index is -0.132. The second kappa shape index (κ2) is 6.07. The number of aromatic amines is 1. The quantitative estimate of drug-likeness (QED) is 0.687. The Morgan fingerprint density at radius 2 is 1.83 bits per heavy atom. The van der Waals surface area contributed by atoms with Gasteiger partial charge in [-0.15, -0.1) is 12.4 Å². The van der Waals surface area contributed by atoms with E-state index in [2.05, 4.69) is 10.3 Å². The van der Waals surface area contributed by atoms with Crippen molar-refractivity contribution in [2.24, 2.45) is 5.73 Å². The highest BCUT2D eigenvalue weighted by Gasteiger charge is 2.34. The van der Waals surface area contributed by atoms with Gasteiger partial charge in [-0.25, -0.2) is 0 Å². The van der Waals surface area contributed by atoms with Crippen LogP contribution in [0.1, 0.15) is 28.4 Å². The van der Waals surface area contributed by atoms with E-state index in [1.54, 1.807) is 0 Å². The summed E-state index contributed by atoms with van der Waals surface area (Å²) in [5, 5.41) is 3.95. The second-order valence-electron chi connectivity index (χ2n) is 5.85. The fourth-order valence-corrected chi connectivity index (χ4v) is 2.81. The highest BCUT2D eigenvalue weighted by atomic mass is 35.5. The number of hydrogen-bond donors (Lipinski definition) is 3. The molecule has 4 nitrogen and oxygen atoms in total. The summed E-state index contributed by atoms with van der Waals surface area (Å²) in [5.74, 6) is 0.352. The first-order valence-electron chi connectivity index (χ1n) is 7.45. The van der Waals surface area contributed by atoms with Crippen molar-refractivity contribution in [2.45, 2.75) is 18.4 Å². The van der Waals surface area contributed by atoms with Crippen LogP contribution in [0.4, 0.5) is 5.69 Å². The number of aromatic nitrogens is 1. The Labute approximate surface area is 140 Å². The summed E-state index contributed by atoms with van der Waals surface area (Å²) >= 11 is 0. The minimum absolute atomic E-state index is 0. The van der Waals surface area contributed by atoms with E-state index in [1.807, 2.05) is 54.6 Å².